The number of halogens is 11. The SMILES string of the molecule is CC(C)(C#Cc1ccc(-c2ccc(Cl)c3c(N(C(=O)CCCOP(=O)(O)O)S(C)(=O)=O)nn(CC(F)(F)F)c23)c([C@H](Cc2cc(F)cc(F)c2)NC(=O)Cn2nc(C(F)(F)F)c3c2C(F)(F)[C@@H]2C[C@H]32)n1)S(C)(=O)=O. The largest absolute Gasteiger partial charge is 0.469 e. The summed E-state index contributed by atoms with van der Waals surface area (Å²) in [7, 11) is -13.9. The van der Waals surface area contributed by atoms with Gasteiger partial charge in [-0.1, -0.05) is 23.6 Å². The first-order chi connectivity index (χ1) is 33.9. The van der Waals surface area contributed by atoms with Crippen LogP contribution >= 0.6 is 19.4 Å². The van der Waals surface area contributed by atoms with Crippen molar-refractivity contribution in [1.29, 1.82) is 0 Å². The van der Waals surface area contributed by atoms with E-state index in [-0.39, 0.29) is 36.9 Å². The van der Waals surface area contributed by atoms with Gasteiger partial charge in [-0.25, -0.2) is 35.2 Å². The number of carbonyl (C=O) groups excluding carboxylic acids is 2. The van der Waals surface area contributed by atoms with Crippen LogP contribution in [0, 0.1) is 29.4 Å². The third-order valence-corrected chi connectivity index (χ3v) is 15.7. The lowest BCUT2D eigenvalue weighted by Crippen LogP contribution is -2.36. The number of sulfone groups is 1. The number of nitrogens with zero attached hydrogens (tertiary/aromatic N) is 6. The molecule has 3 aromatic heterocycles. The monoisotopic (exact) mass is 1130 g/mol. The summed E-state index contributed by atoms with van der Waals surface area (Å²) in [5, 5.41) is 8.45. The fourth-order valence-electron chi connectivity index (χ4n) is 8.37. The lowest BCUT2D eigenvalue weighted by Gasteiger charge is -2.23. The Morgan fingerprint density at radius 1 is 0.986 bits per heavy atom. The third-order valence-electron chi connectivity index (χ3n) is 11.9. The van der Waals surface area contributed by atoms with Crippen LogP contribution in [0.15, 0.2) is 42.5 Å². The molecule has 2 aromatic carbocycles. The van der Waals surface area contributed by atoms with Gasteiger partial charge in [0.05, 0.1) is 40.5 Å². The Kier molecular flexibility index (Phi) is 14.8. The van der Waals surface area contributed by atoms with E-state index in [0.717, 1.165) is 42.7 Å². The fraction of sp³-hybridized carbons (Fsp3) is 0.419. The number of pyridine rings is 1. The van der Waals surface area contributed by atoms with E-state index in [1.165, 1.54) is 13.8 Å². The predicted octanol–water partition coefficient (Wildman–Crippen LogP) is 7.47. The molecule has 0 unspecified atom stereocenters. The Morgan fingerprint density at radius 2 is 1.62 bits per heavy atom. The van der Waals surface area contributed by atoms with Crippen LogP contribution in [0.1, 0.15) is 79.0 Å². The van der Waals surface area contributed by atoms with Crippen molar-refractivity contribution in [1.82, 2.24) is 29.9 Å². The van der Waals surface area contributed by atoms with E-state index in [9.17, 15) is 66.1 Å². The lowest BCUT2D eigenvalue weighted by molar-refractivity contribution is -0.143. The van der Waals surface area contributed by atoms with Gasteiger partial charge in [0.25, 0.3) is 5.92 Å². The number of benzene rings is 2. The van der Waals surface area contributed by atoms with Gasteiger partial charge >= 0.3 is 20.2 Å². The second kappa shape index (κ2) is 19.5. The maximum Gasteiger partial charge on any atom is 0.469 e. The molecule has 0 radical (unpaired) electrons. The summed E-state index contributed by atoms with van der Waals surface area (Å²) in [5.74, 6) is -7.66. The standard InChI is InChI=1S/C43H39ClF10N7O10PS2/c1-40(2,73(3,67)68)12-11-24-7-8-25(26-9-10-29(44)34-36(26)60(20-41(47,48)49)58-39(34)61(74(4,69)70)32(63)6-5-13-71-72(64,65)66)35(55-24)30(16-21-14-22(45)17-23(46)15-21)56-31(62)19-59-38-33(37(57-59)43(52,53)54)27-18-28(27)42(38,50)51/h7-10,14-15,17,27-28,30H,5-6,13,16,18-20H2,1-4H3,(H,56,62)(H2,64,65,66)/t27-,28+,30-/m0/s1. The molecular weight excluding hydrogens is 1100 g/mol. The van der Waals surface area contributed by atoms with E-state index in [4.69, 9.17) is 21.4 Å². The predicted molar refractivity (Wildman–Crippen MR) is 242 cm³/mol. The molecule has 3 N–H and O–H groups in total. The van der Waals surface area contributed by atoms with Crippen LogP contribution in [0.4, 0.5) is 49.7 Å². The highest BCUT2D eigenvalue weighted by Gasteiger charge is 2.68. The highest BCUT2D eigenvalue weighted by molar-refractivity contribution is 7.93. The van der Waals surface area contributed by atoms with Gasteiger partial charge in [0.2, 0.25) is 21.8 Å². The maximum atomic E-state index is 15.6. The first-order valence-electron chi connectivity index (χ1n) is 21.4. The van der Waals surface area contributed by atoms with Crippen LogP contribution in [0.3, 0.4) is 0 Å². The molecule has 1 fully saturated rings. The van der Waals surface area contributed by atoms with Gasteiger partial charge in [0, 0.05) is 41.4 Å². The molecule has 0 spiro atoms. The number of rotatable bonds is 16. The number of phosphoric acid groups is 1. The molecule has 0 aliphatic heterocycles. The minimum absolute atomic E-state index is 0.0124. The van der Waals surface area contributed by atoms with Crippen molar-refractivity contribution in [3.63, 3.8) is 0 Å². The zero-order chi connectivity index (χ0) is 55.1. The molecule has 17 nitrogen and oxygen atoms in total. The van der Waals surface area contributed by atoms with E-state index in [1.54, 1.807) is 0 Å². The van der Waals surface area contributed by atoms with Gasteiger partial charge < -0.3 is 15.1 Å². The Bertz CT molecular complexity index is 3440. The van der Waals surface area contributed by atoms with Gasteiger partial charge in [-0.3, -0.25) is 23.5 Å². The number of carbonyl (C=O) groups is 2. The Hall–Kier alpha value is -5.63. The number of fused-ring (bicyclic) bond motifs is 4. The van der Waals surface area contributed by atoms with Crippen LogP contribution in [0.5, 0.6) is 0 Å². The molecule has 5 aromatic rings. The third kappa shape index (κ3) is 11.9. The van der Waals surface area contributed by atoms with E-state index >= 15 is 8.78 Å². The Balaban J connectivity index is 1.46. The van der Waals surface area contributed by atoms with Gasteiger partial charge in [-0.2, -0.15) is 49.6 Å². The number of anilines is 1. The topological polar surface area (TPSA) is 233 Å². The molecule has 3 heterocycles. The molecule has 2 aliphatic rings. The van der Waals surface area contributed by atoms with Crippen molar-refractivity contribution < 1.29 is 89.2 Å². The quantitative estimate of drug-likeness (QED) is 0.0377. The van der Waals surface area contributed by atoms with E-state index < -0.39 is 181 Å². The molecule has 31 heteroatoms. The first kappa shape index (κ1) is 56.1. The summed E-state index contributed by atoms with van der Waals surface area (Å²) < 4.78 is 213. The number of amides is 2. The van der Waals surface area contributed by atoms with Crippen LogP contribution in [-0.4, -0.2) is 93.0 Å². The number of phosphoric ester groups is 1. The summed E-state index contributed by atoms with van der Waals surface area (Å²) in [6.45, 7) is -1.73. The van der Waals surface area contributed by atoms with E-state index in [1.807, 2.05) is 0 Å². The number of hydrogen-bond acceptors (Lipinski definition) is 11. The van der Waals surface area contributed by atoms with E-state index in [0.29, 0.717) is 12.3 Å². The van der Waals surface area contributed by atoms with Crippen molar-refractivity contribution in [2.45, 2.75) is 87.6 Å². The molecule has 3 atom stereocenters. The zero-order valence-corrected chi connectivity index (χ0v) is 41.8. The van der Waals surface area contributed by atoms with Crippen molar-refractivity contribution in [2.75, 3.05) is 23.4 Å². The minimum Gasteiger partial charge on any atom is -0.346 e. The number of alkyl halides is 8. The maximum absolute atomic E-state index is 15.6. The number of sulfonamides is 1. The lowest BCUT2D eigenvalue weighted by atomic mass is 9.93. The molecule has 2 amide bonds. The Morgan fingerprint density at radius 3 is 2.20 bits per heavy atom. The molecule has 1 saturated carbocycles. The van der Waals surface area contributed by atoms with Crippen LogP contribution < -0.4 is 9.62 Å². The van der Waals surface area contributed by atoms with Gasteiger partial charge in [0.1, 0.15) is 40.9 Å². The van der Waals surface area contributed by atoms with Crippen molar-refractivity contribution in [2.24, 2.45) is 5.92 Å². The number of aromatic nitrogens is 5. The van der Waals surface area contributed by atoms with Crippen LogP contribution in [-0.2, 0) is 70.1 Å². The molecule has 400 valence electrons. The Labute approximate surface area is 418 Å². The molecule has 0 saturated heterocycles. The van der Waals surface area contributed by atoms with Gasteiger partial charge in [0.15, 0.2) is 21.3 Å². The highest BCUT2D eigenvalue weighted by atomic mass is 35.5. The van der Waals surface area contributed by atoms with Crippen LogP contribution in [0.2, 0.25) is 5.02 Å². The van der Waals surface area contributed by atoms with E-state index in [2.05, 4.69) is 36.9 Å². The average Bonchev–Trinajstić information content (AvgIpc) is 3.75. The summed E-state index contributed by atoms with van der Waals surface area (Å²) in [4.78, 5) is 50.4. The summed E-state index contributed by atoms with van der Waals surface area (Å²) in [6.07, 6.45) is -11.5. The zero-order valence-electron chi connectivity index (χ0n) is 38.5. The van der Waals surface area contributed by atoms with Crippen molar-refractivity contribution >= 4 is 67.8 Å². The summed E-state index contributed by atoms with van der Waals surface area (Å²) >= 11 is 6.60. The average molecular weight is 1130 g/mol. The number of hydrogen-bond donors (Lipinski definition) is 3. The summed E-state index contributed by atoms with van der Waals surface area (Å²) in [6, 6.07) is 4.50. The van der Waals surface area contributed by atoms with Crippen molar-refractivity contribution in [3.05, 3.63) is 93.0 Å². The van der Waals surface area contributed by atoms with Crippen molar-refractivity contribution in [3.8, 4) is 23.0 Å². The number of nitrogens with one attached hydrogen (secondary N) is 1. The van der Waals surface area contributed by atoms with Gasteiger partial charge in [-0.05, 0) is 80.8 Å². The molecule has 74 heavy (non-hydrogen) atoms. The first-order valence-corrected chi connectivity index (χ1v) is 27.1. The molecule has 0 bridgehead atoms. The molecule has 7 rings (SSSR count). The van der Waals surface area contributed by atoms with Gasteiger partial charge in [-0.15, -0.1) is 0 Å². The highest BCUT2D eigenvalue weighted by Crippen LogP contribution is 2.68. The smallest absolute Gasteiger partial charge is 0.346 e. The molecule has 2 aliphatic carbocycles. The summed E-state index contributed by atoms with van der Waals surface area (Å²) in [5.41, 5.74) is -6.21. The molecular formula is C43H39ClF10N7O10PS2. The second-order valence-electron chi connectivity index (χ2n) is 17.9. The normalized spacial score (nSPS) is 17.1. The van der Waals surface area contributed by atoms with Crippen LogP contribution in [0.25, 0.3) is 22.0 Å². The minimum atomic E-state index is -5.24. The fourth-order valence-corrected chi connectivity index (χ4v) is 10.1. The second-order valence-corrected chi connectivity index (χ2v) is 23.9.